The van der Waals surface area contributed by atoms with Gasteiger partial charge >= 0.3 is 0 Å². The average molecular weight is 209 g/mol. The van der Waals surface area contributed by atoms with Crippen molar-refractivity contribution in [2.45, 2.75) is 13.3 Å². The van der Waals surface area contributed by atoms with E-state index >= 15 is 0 Å². The van der Waals surface area contributed by atoms with E-state index in [4.69, 9.17) is 16.0 Å². The highest BCUT2D eigenvalue weighted by Crippen LogP contribution is 2.18. The lowest BCUT2D eigenvalue weighted by Crippen LogP contribution is -1.89. The summed E-state index contributed by atoms with van der Waals surface area (Å²) in [6.07, 6.45) is 1.95. The van der Waals surface area contributed by atoms with Crippen molar-refractivity contribution < 1.29 is 4.42 Å². The number of benzene rings is 1. The molecule has 0 saturated carbocycles. The minimum atomic E-state index is 0.602. The minimum absolute atomic E-state index is 0.602. The molecule has 0 aliphatic rings. The summed E-state index contributed by atoms with van der Waals surface area (Å²) in [5.41, 5.74) is 2.14. The van der Waals surface area contributed by atoms with Gasteiger partial charge < -0.3 is 4.42 Å². The molecule has 0 spiro atoms. The highest BCUT2D eigenvalue weighted by atomic mass is 35.5. The van der Waals surface area contributed by atoms with Crippen LogP contribution in [0.15, 0.2) is 29.0 Å². The fourth-order valence-corrected chi connectivity index (χ4v) is 1.40. The molecule has 0 amide bonds. The molecular weight excluding hydrogens is 200 g/mol. The molecule has 1 heterocycles. The molecule has 0 aliphatic carbocycles. The second kappa shape index (κ2) is 3.80. The third kappa shape index (κ3) is 1.93. The topological polar surface area (TPSA) is 38.9 Å². The molecule has 14 heavy (non-hydrogen) atoms. The van der Waals surface area contributed by atoms with Gasteiger partial charge in [0.1, 0.15) is 0 Å². The maximum atomic E-state index is 5.99. The van der Waals surface area contributed by atoms with Crippen molar-refractivity contribution in [2.75, 3.05) is 0 Å². The summed E-state index contributed by atoms with van der Waals surface area (Å²) in [6, 6.07) is 5.90. The molecule has 2 aromatic rings. The van der Waals surface area contributed by atoms with E-state index in [-0.39, 0.29) is 0 Å². The van der Waals surface area contributed by atoms with Crippen LogP contribution in [0, 0.1) is 6.92 Å². The minimum Gasteiger partial charge on any atom is -0.428 e. The van der Waals surface area contributed by atoms with Gasteiger partial charge in [-0.2, -0.15) is 0 Å². The van der Waals surface area contributed by atoms with E-state index in [1.807, 2.05) is 25.1 Å². The van der Waals surface area contributed by atoms with Crippen molar-refractivity contribution >= 4 is 11.6 Å². The quantitative estimate of drug-likeness (QED) is 0.762. The van der Waals surface area contributed by atoms with E-state index in [1.54, 1.807) is 0 Å². The molecule has 1 aromatic carbocycles. The van der Waals surface area contributed by atoms with Gasteiger partial charge in [0.05, 0.1) is 6.42 Å². The van der Waals surface area contributed by atoms with Gasteiger partial charge in [0, 0.05) is 5.02 Å². The third-order valence-electron chi connectivity index (χ3n) is 2.00. The molecule has 0 fully saturated rings. The predicted octanol–water partition coefficient (Wildman–Crippen LogP) is 2.62. The standard InChI is InChI=1S/C10H9ClN2O/c1-7-2-3-8(4-9(7)11)5-10-13-12-6-14-10/h2-4,6H,5H2,1H3. The lowest BCUT2D eigenvalue weighted by Gasteiger charge is -2.00. The van der Waals surface area contributed by atoms with Crippen molar-refractivity contribution in [3.63, 3.8) is 0 Å². The molecule has 4 heteroatoms. The van der Waals surface area contributed by atoms with Gasteiger partial charge in [0.15, 0.2) is 0 Å². The lowest BCUT2D eigenvalue weighted by molar-refractivity contribution is 0.505. The van der Waals surface area contributed by atoms with Crippen LogP contribution in [0.2, 0.25) is 5.02 Å². The first kappa shape index (κ1) is 9.21. The smallest absolute Gasteiger partial charge is 0.220 e. The Morgan fingerprint density at radius 2 is 2.29 bits per heavy atom. The van der Waals surface area contributed by atoms with E-state index in [1.165, 1.54) is 6.39 Å². The Morgan fingerprint density at radius 1 is 1.43 bits per heavy atom. The van der Waals surface area contributed by atoms with Gasteiger partial charge in [0.2, 0.25) is 12.3 Å². The van der Waals surface area contributed by atoms with Crippen LogP contribution in [-0.2, 0) is 6.42 Å². The highest BCUT2D eigenvalue weighted by Gasteiger charge is 2.02. The van der Waals surface area contributed by atoms with Gasteiger partial charge in [-0.05, 0) is 24.1 Å². The summed E-state index contributed by atoms with van der Waals surface area (Å²) in [7, 11) is 0. The highest BCUT2D eigenvalue weighted by molar-refractivity contribution is 6.31. The van der Waals surface area contributed by atoms with Gasteiger partial charge in [-0.15, -0.1) is 10.2 Å². The van der Waals surface area contributed by atoms with Crippen LogP contribution >= 0.6 is 11.6 Å². The Labute approximate surface area is 86.7 Å². The third-order valence-corrected chi connectivity index (χ3v) is 2.40. The van der Waals surface area contributed by atoms with Crippen molar-refractivity contribution in [3.8, 4) is 0 Å². The van der Waals surface area contributed by atoms with Crippen molar-refractivity contribution in [3.05, 3.63) is 46.6 Å². The molecule has 0 unspecified atom stereocenters. The van der Waals surface area contributed by atoms with Crippen molar-refractivity contribution in [1.29, 1.82) is 0 Å². The van der Waals surface area contributed by atoms with Crippen LogP contribution in [0.3, 0.4) is 0 Å². The Balaban J connectivity index is 2.22. The van der Waals surface area contributed by atoms with Gasteiger partial charge in [-0.1, -0.05) is 23.7 Å². The second-order valence-corrected chi connectivity index (χ2v) is 3.50. The Morgan fingerprint density at radius 3 is 2.93 bits per heavy atom. The summed E-state index contributed by atoms with van der Waals surface area (Å²) in [5.74, 6) is 0.602. The van der Waals surface area contributed by atoms with E-state index < -0.39 is 0 Å². The van der Waals surface area contributed by atoms with Crippen molar-refractivity contribution in [2.24, 2.45) is 0 Å². The molecular formula is C10H9ClN2O. The lowest BCUT2D eigenvalue weighted by atomic mass is 10.1. The number of nitrogens with zero attached hydrogens (tertiary/aromatic N) is 2. The zero-order chi connectivity index (χ0) is 9.97. The van der Waals surface area contributed by atoms with E-state index in [0.29, 0.717) is 12.3 Å². The number of rotatable bonds is 2. The zero-order valence-electron chi connectivity index (χ0n) is 7.70. The molecule has 0 aliphatic heterocycles. The van der Waals surface area contributed by atoms with Crippen LogP contribution in [-0.4, -0.2) is 10.2 Å². The average Bonchev–Trinajstić information content (AvgIpc) is 2.64. The first-order chi connectivity index (χ1) is 6.75. The Kier molecular flexibility index (Phi) is 2.50. The SMILES string of the molecule is Cc1ccc(Cc2nnco2)cc1Cl. The molecule has 1 aromatic heterocycles. The Bertz CT molecular complexity index is 426. The number of aromatic nitrogens is 2. The molecule has 0 saturated heterocycles. The molecule has 3 nitrogen and oxygen atoms in total. The Hall–Kier alpha value is -1.35. The van der Waals surface area contributed by atoms with Crippen LogP contribution in [0.1, 0.15) is 17.0 Å². The summed E-state index contributed by atoms with van der Waals surface area (Å²) >= 11 is 5.99. The molecule has 0 atom stereocenters. The fourth-order valence-electron chi connectivity index (χ4n) is 1.19. The number of hydrogen-bond acceptors (Lipinski definition) is 3. The molecule has 72 valence electrons. The van der Waals surface area contributed by atoms with Gasteiger partial charge in [-0.3, -0.25) is 0 Å². The van der Waals surface area contributed by atoms with Gasteiger partial charge in [0.25, 0.3) is 0 Å². The number of hydrogen-bond donors (Lipinski definition) is 0. The van der Waals surface area contributed by atoms with Crippen molar-refractivity contribution in [1.82, 2.24) is 10.2 Å². The van der Waals surface area contributed by atoms with E-state index in [2.05, 4.69) is 10.2 Å². The second-order valence-electron chi connectivity index (χ2n) is 3.09. The molecule has 2 rings (SSSR count). The van der Waals surface area contributed by atoms with Crippen LogP contribution in [0.25, 0.3) is 0 Å². The fraction of sp³-hybridized carbons (Fsp3) is 0.200. The maximum Gasteiger partial charge on any atom is 0.220 e. The molecule has 0 radical (unpaired) electrons. The molecule has 0 bridgehead atoms. The largest absolute Gasteiger partial charge is 0.428 e. The van der Waals surface area contributed by atoms with E-state index in [0.717, 1.165) is 16.1 Å². The predicted molar refractivity (Wildman–Crippen MR) is 53.3 cm³/mol. The summed E-state index contributed by atoms with van der Waals surface area (Å²) in [5, 5.41) is 8.18. The van der Waals surface area contributed by atoms with Crippen LogP contribution in [0.4, 0.5) is 0 Å². The van der Waals surface area contributed by atoms with Crippen LogP contribution in [0.5, 0.6) is 0 Å². The summed E-state index contributed by atoms with van der Waals surface area (Å²) in [4.78, 5) is 0. The number of halogens is 1. The number of aryl methyl sites for hydroxylation is 1. The first-order valence-electron chi connectivity index (χ1n) is 4.26. The maximum absolute atomic E-state index is 5.99. The van der Waals surface area contributed by atoms with Crippen LogP contribution < -0.4 is 0 Å². The monoisotopic (exact) mass is 208 g/mol. The zero-order valence-corrected chi connectivity index (χ0v) is 8.45. The first-order valence-corrected chi connectivity index (χ1v) is 4.63. The summed E-state index contributed by atoms with van der Waals surface area (Å²) in [6.45, 7) is 1.97. The van der Waals surface area contributed by atoms with Gasteiger partial charge in [-0.25, -0.2) is 0 Å². The van der Waals surface area contributed by atoms with E-state index in [9.17, 15) is 0 Å². The normalized spacial score (nSPS) is 10.4. The molecule has 0 N–H and O–H groups in total. The summed E-state index contributed by atoms with van der Waals surface area (Å²) < 4.78 is 5.04.